The number of carbonyl (C=O) groups is 1. The average Bonchev–Trinajstić information content (AvgIpc) is 2.42. The number of H-pyrrole nitrogens is 1. The Hall–Kier alpha value is -2.01. The third-order valence-corrected chi connectivity index (χ3v) is 2.76. The SMILES string of the molecule is CC(=O)O.O=c1ccc2ccc(OCCCCCl)cc2[nH]1. The van der Waals surface area contributed by atoms with Crippen LogP contribution in [0.5, 0.6) is 5.75 Å². The van der Waals surface area contributed by atoms with Gasteiger partial charge >= 0.3 is 0 Å². The topological polar surface area (TPSA) is 79.4 Å². The zero-order valence-electron chi connectivity index (χ0n) is 11.8. The molecule has 0 unspecified atom stereocenters. The smallest absolute Gasteiger partial charge is 0.300 e. The molecule has 0 bridgehead atoms. The molecule has 1 aromatic heterocycles. The number of unbranched alkanes of at least 4 members (excludes halogenated alkanes) is 1. The van der Waals surface area contributed by atoms with Crippen LogP contribution in [-0.4, -0.2) is 28.5 Å². The highest BCUT2D eigenvalue weighted by Gasteiger charge is 1.98. The van der Waals surface area contributed by atoms with Gasteiger partial charge in [-0.1, -0.05) is 0 Å². The summed E-state index contributed by atoms with van der Waals surface area (Å²) in [6.45, 7) is 1.73. The minimum atomic E-state index is -0.833. The van der Waals surface area contributed by atoms with Crippen LogP contribution in [-0.2, 0) is 4.79 Å². The van der Waals surface area contributed by atoms with Crippen molar-refractivity contribution in [3.8, 4) is 5.75 Å². The van der Waals surface area contributed by atoms with Crippen molar-refractivity contribution in [1.29, 1.82) is 0 Å². The number of pyridine rings is 1. The maximum atomic E-state index is 11.2. The lowest BCUT2D eigenvalue weighted by atomic mass is 10.2. The van der Waals surface area contributed by atoms with Crippen LogP contribution < -0.4 is 10.3 Å². The fourth-order valence-electron chi connectivity index (χ4n) is 1.61. The monoisotopic (exact) mass is 311 g/mol. The zero-order valence-corrected chi connectivity index (χ0v) is 12.5. The molecule has 1 heterocycles. The van der Waals surface area contributed by atoms with E-state index in [9.17, 15) is 4.79 Å². The lowest BCUT2D eigenvalue weighted by Gasteiger charge is -2.06. The van der Waals surface area contributed by atoms with E-state index in [2.05, 4.69) is 4.98 Å². The molecule has 0 aliphatic rings. The number of alkyl halides is 1. The first kappa shape index (κ1) is 17.0. The highest BCUT2D eigenvalue weighted by molar-refractivity contribution is 6.17. The molecule has 0 spiro atoms. The molecule has 0 aliphatic carbocycles. The lowest BCUT2D eigenvalue weighted by Crippen LogP contribution is -2.03. The number of nitrogens with one attached hydrogen (secondary N) is 1. The summed E-state index contributed by atoms with van der Waals surface area (Å²) in [7, 11) is 0. The number of carboxylic acid groups (broad SMARTS) is 1. The van der Waals surface area contributed by atoms with Crippen LogP contribution in [0.3, 0.4) is 0 Å². The molecule has 0 radical (unpaired) electrons. The highest BCUT2D eigenvalue weighted by atomic mass is 35.5. The number of hydrogen-bond donors (Lipinski definition) is 2. The van der Waals surface area contributed by atoms with Crippen molar-refractivity contribution in [2.24, 2.45) is 0 Å². The molecule has 1 aromatic carbocycles. The summed E-state index contributed by atoms with van der Waals surface area (Å²) in [6.07, 6.45) is 1.89. The predicted octanol–water partition coefficient (Wildman–Crippen LogP) is 3.02. The van der Waals surface area contributed by atoms with Crippen LogP contribution in [0.25, 0.3) is 10.9 Å². The number of rotatable bonds is 5. The summed E-state index contributed by atoms with van der Waals surface area (Å²) in [4.78, 5) is 23.0. The number of halogens is 1. The number of benzene rings is 1. The second-order valence-corrected chi connectivity index (χ2v) is 4.71. The summed E-state index contributed by atoms with van der Waals surface area (Å²) < 4.78 is 5.58. The Morgan fingerprint density at radius 2 is 1.95 bits per heavy atom. The quantitative estimate of drug-likeness (QED) is 0.657. The Morgan fingerprint density at radius 1 is 1.29 bits per heavy atom. The van der Waals surface area contributed by atoms with Gasteiger partial charge < -0.3 is 14.8 Å². The fraction of sp³-hybridized carbons (Fsp3) is 0.333. The van der Waals surface area contributed by atoms with E-state index in [0.717, 1.165) is 36.4 Å². The van der Waals surface area contributed by atoms with Gasteiger partial charge in [-0.2, -0.15) is 0 Å². The summed E-state index contributed by atoms with van der Waals surface area (Å²) in [6, 6.07) is 9.00. The second kappa shape index (κ2) is 9.02. The average molecular weight is 312 g/mol. The standard InChI is InChI=1S/C13H14ClNO2.C2H4O2/c14-7-1-2-8-17-11-5-3-10-4-6-13(16)15-12(10)9-11;1-2(3)4/h3-6,9H,1-2,7-8H2,(H,15,16);1H3,(H,3,4). The molecular weight excluding hydrogens is 294 g/mol. The van der Waals surface area contributed by atoms with Crippen LogP contribution in [0, 0.1) is 0 Å². The number of aliphatic carboxylic acids is 1. The van der Waals surface area contributed by atoms with E-state index >= 15 is 0 Å². The van der Waals surface area contributed by atoms with Crippen molar-refractivity contribution < 1.29 is 14.6 Å². The number of carboxylic acids is 1. The maximum absolute atomic E-state index is 11.2. The van der Waals surface area contributed by atoms with Crippen molar-refractivity contribution in [3.05, 3.63) is 40.7 Å². The largest absolute Gasteiger partial charge is 0.494 e. The molecule has 0 saturated heterocycles. The van der Waals surface area contributed by atoms with E-state index in [1.165, 1.54) is 6.07 Å². The van der Waals surface area contributed by atoms with Gasteiger partial charge in [0.2, 0.25) is 5.56 Å². The molecule has 0 atom stereocenters. The van der Waals surface area contributed by atoms with E-state index in [-0.39, 0.29) is 5.56 Å². The Morgan fingerprint density at radius 3 is 2.62 bits per heavy atom. The van der Waals surface area contributed by atoms with Gasteiger partial charge in [-0.15, -0.1) is 11.6 Å². The van der Waals surface area contributed by atoms with Crippen LogP contribution in [0.4, 0.5) is 0 Å². The van der Waals surface area contributed by atoms with Gasteiger partial charge in [0, 0.05) is 24.9 Å². The third-order valence-electron chi connectivity index (χ3n) is 2.49. The van der Waals surface area contributed by atoms with Crippen LogP contribution in [0.1, 0.15) is 19.8 Å². The van der Waals surface area contributed by atoms with Crippen molar-refractivity contribution >= 4 is 28.5 Å². The molecule has 6 heteroatoms. The van der Waals surface area contributed by atoms with Crippen molar-refractivity contribution in [1.82, 2.24) is 4.98 Å². The predicted molar refractivity (Wildman–Crippen MR) is 83.3 cm³/mol. The van der Waals surface area contributed by atoms with Gasteiger partial charge in [0.1, 0.15) is 5.75 Å². The summed E-state index contributed by atoms with van der Waals surface area (Å²) in [5.41, 5.74) is 0.698. The zero-order chi connectivity index (χ0) is 15.7. The summed E-state index contributed by atoms with van der Waals surface area (Å²) >= 11 is 5.58. The summed E-state index contributed by atoms with van der Waals surface area (Å²) in [5, 5.41) is 8.41. The number of aromatic amines is 1. The number of ether oxygens (including phenoxy) is 1. The summed E-state index contributed by atoms with van der Waals surface area (Å²) in [5.74, 6) is 0.600. The molecule has 21 heavy (non-hydrogen) atoms. The van der Waals surface area contributed by atoms with Crippen molar-refractivity contribution in [3.63, 3.8) is 0 Å². The Balaban J connectivity index is 0.000000491. The normalized spacial score (nSPS) is 9.81. The van der Waals surface area contributed by atoms with E-state index in [1.54, 1.807) is 6.07 Å². The first-order chi connectivity index (χ1) is 10.0. The number of hydrogen-bond acceptors (Lipinski definition) is 3. The highest BCUT2D eigenvalue weighted by Crippen LogP contribution is 2.18. The molecule has 2 N–H and O–H groups in total. The first-order valence-electron chi connectivity index (χ1n) is 6.54. The van der Waals surface area contributed by atoms with Gasteiger partial charge in [-0.3, -0.25) is 9.59 Å². The van der Waals surface area contributed by atoms with E-state index in [0.29, 0.717) is 12.5 Å². The molecule has 2 rings (SSSR count). The Bertz CT molecular complexity index is 635. The van der Waals surface area contributed by atoms with Gasteiger partial charge in [0.05, 0.1) is 12.1 Å². The van der Waals surface area contributed by atoms with Gasteiger partial charge in [-0.05, 0) is 36.4 Å². The minimum absolute atomic E-state index is 0.100. The van der Waals surface area contributed by atoms with E-state index in [4.69, 9.17) is 26.2 Å². The minimum Gasteiger partial charge on any atom is -0.494 e. The molecular formula is C15H18ClNO4. The van der Waals surface area contributed by atoms with E-state index in [1.807, 2.05) is 18.2 Å². The Kier molecular flexibility index (Phi) is 7.32. The first-order valence-corrected chi connectivity index (χ1v) is 7.08. The van der Waals surface area contributed by atoms with Crippen LogP contribution in [0.15, 0.2) is 35.1 Å². The number of fused-ring (bicyclic) bond motifs is 1. The second-order valence-electron chi connectivity index (χ2n) is 4.34. The lowest BCUT2D eigenvalue weighted by molar-refractivity contribution is -0.134. The van der Waals surface area contributed by atoms with Crippen LogP contribution in [0.2, 0.25) is 0 Å². The molecule has 2 aromatic rings. The fourth-order valence-corrected chi connectivity index (χ4v) is 1.79. The third kappa shape index (κ3) is 6.81. The van der Waals surface area contributed by atoms with Crippen molar-refractivity contribution in [2.45, 2.75) is 19.8 Å². The van der Waals surface area contributed by atoms with Gasteiger partial charge in [-0.25, -0.2) is 0 Å². The molecule has 0 saturated carbocycles. The maximum Gasteiger partial charge on any atom is 0.300 e. The molecule has 5 nitrogen and oxygen atoms in total. The van der Waals surface area contributed by atoms with Crippen LogP contribution >= 0.6 is 11.6 Å². The van der Waals surface area contributed by atoms with E-state index < -0.39 is 5.97 Å². The number of aromatic nitrogens is 1. The van der Waals surface area contributed by atoms with Crippen molar-refractivity contribution in [2.75, 3.05) is 12.5 Å². The van der Waals surface area contributed by atoms with Gasteiger partial charge in [0.15, 0.2) is 0 Å². The van der Waals surface area contributed by atoms with Gasteiger partial charge in [0.25, 0.3) is 5.97 Å². The Labute approximate surface area is 127 Å². The molecule has 0 fully saturated rings. The molecule has 0 aliphatic heterocycles. The molecule has 114 valence electrons. The molecule has 0 amide bonds.